The number of carbonyl (C=O) groups is 1. The molecule has 1 aromatic rings. The van der Waals surface area contributed by atoms with Crippen LogP contribution in [0.4, 0.5) is 4.39 Å². The SMILES string of the molecule is NS(=O)(=O)CCCC(=O)N1CCC[C@@H](COc2ccc(F)cc2)C1. The molecule has 1 aromatic carbocycles. The maximum Gasteiger partial charge on any atom is 0.222 e. The highest BCUT2D eigenvalue weighted by atomic mass is 32.2. The summed E-state index contributed by atoms with van der Waals surface area (Å²) < 4.78 is 40.3. The Balaban J connectivity index is 1.76. The van der Waals surface area contributed by atoms with Crippen molar-refractivity contribution in [1.82, 2.24) is 4.90 Å². The number of nitrogens with two attached hydrogens (primary N) is 1. The molecular weight excluding hydrogens is 335 g/mol. The van der Waals surface area contributed by atoms with Crippen LogP contribution in [0.3, 0.4) is 0 Å². The Kier molecular flexibility index (Phi) is 6.56. The van der Waals surface area contributed by atoms with Gasteiger partial charge < -0.3 is 9.64 Å². The van der Waals surface area contributed by atoms with E-state index in [0.29, 0.717) is 25.4 Å². The number of ether oxygens (including phenoxy) is 1. The first-order chi connectivity index (χ1) is 11.3. The molecule has 24 heavy (non-hydrogen) atoms. The third-order valence-electron chi connectivity index (χ3n) is 3.99. The lowest BCUT2D eigenvalue weighted by Gasteiger charge is -2.32. The first-order valence-electron chi connectivity index (χ1n) is 8.00. The minimum atomic E-state index is -3.52. The van der Waals surface area contributed by atoms with E-state index in [1.165, 1.54) is 12.1 Å². The summed E-state index contributed by atoms with van der Waals surface area (Å²) in [4.78, 5) is 13.9. The average Bonchev–Trinajstić information content (AvgIpc) is 2.53. The number of halogens is 1. The van der Waals surface area contributed by atoms with E-state index in [2.05, 4.69) is 0 Å². The van der Waals surface area contributed by atoms with Gasteiger partial charge in [0.25, 0.3) is 0 Å². The van der Waals surface area contributed by atoms with Crippen LogP contribution in [0.25, 0.3) is 0 Å². The summed E-state index contributed by atoms with van der Waals surface area (Å²) >= 11 is 0. The van der Waals surface area contributed by atoms with Crippen LogP contribution in [0.1, 0.15) is 25.7 Å². The van der Waals surface area contributed by atoms with Crippen molar-refractivity contribution in [3.63, 3.8) is 0 Å². The summed E-state index contributed by atoms with van der Waals surface area (Å²) in [5.41, 5.74) is 0. The van der Waals surface area contributed by atoms with Crippen LogP contribution in [-0.4, -0.2) is 44.7 Å². The van der Waals surface area contributed by atoms with Crippen LogP contribution in [0.2, 0.25) is 0 Å². The third-order valence-corrected chi connectivity index (χ3v) is 4.85. The zero-order chi connectivity index (χ0) is 17.6. The van der Waals surface area contributed by atoms with Gasteiger partial charge in [0, 0.05) is 25.4 Å². The maximum atomic E-state index is 12.9. The molecule has 0 saturated carbocycles. The first kappa shape index (κ1) is 18.7. The van der Waals surface area contributed by atoms with Gasteiger partial charge in [0.05, 0.1) is 12.4 Å². The van der Waals surface area contributed by atoms with Gasteiger partial charge in [-0.05, 0) is 43.5 Å². The van der Waals surface area contributed by atoms with E-state index in [1.54, 1.807) is 17.0 Å². The molecule has 1 heterocycles. The quantitative estimate of drug-likeness (QED) is 0.800. The standard InChI is InChI=1S/C16H23FN2O4S/c17-14-5-7-15(8-6-14)23-12-13-3-1-9-19(11-13)16(20)4-2-10-24(18,21)22/h5-8,13H,1-4,9-12H2,(H2,18,21,22)/t13-/m1/s1. The van der Waals surface area contributed by atoms with Crippen LogP contribution >= 0.6 is 0 Å². The number of likely N-dealkylation sites (tertiary alicyclic amines) is 1. The molecule has 134 valence electrons. The molecule has 0 unspecified atom stereocenters. The predicted octanol–water partition coefficient (Wildman–Crippen LogP) is 1.51. The van der Waals surface area contributed by atoms with E-state index in [4.69, 9.17) is 9.88 Å². The molecule has 1 amide bonds. The Bertz CT molecular complexity index is 649. The molecule has 0 spiro atoms. The van der Waals surface area contributed by atoms with E-state index in [-0.39, 0.29) is 36.2 Å². The van der Waals surface area contributed by atoms with Crippen LogP contribution < -0.4 is 9.88 Å². The molecule has 1 saturated heterocycles. The lowest BCUT2D eigenvalue weighted by molar-refractivity contribution is -0.133. The smallest absolute Gasteiger partial charge is 0.222 e. The van der Waals surface area contributed by atoms with Gasteiger partial charge in [-0.1, -0.05) is 0 Å². The molecule has 0 aliphatic carbocycles. The number of piperidine rings is 1. The summed E-state index contributed by atoms with van der Waals surface area (Å²) in [5.74, 6) is 0.282. The van der Waals surface area contributed by atoms with Crippen LogP contribution in [0.15, 0.2) is 24.3 Å². The second-order valence-electron chi connectivity index (χ2n) is 6.08. The number of sulfonamides is 1. The first-order valence-corrected chi connectivity index (χ1v) is 9.71. The van der Waals surface area contributed by atoms with Crippen molar-refractivity contribution in [2.45, 2.75) is 25.7 Å². The van der Waals surface area contributed by atoms with Crippen molar-refractivity contribution in [3.05, 3.63) is 30.1 Å². The van der Waals surface area contributed by atoms with E-state index in [0.717, 1.165) is 12.8 Å². The van der Waals surface area contributed by atoms with E-state index in [1.807, 2.05) is 0 Å². The van der Waals surface area contributed by atoms with Crippen molar-refractivity contribution in [2.24, 2.45) is 11.1 Å². The summed E-state index contributed by atoms with van der Waals surface area (Å²) in [6.07, 6.45) is 2.27. The molecule has 8 heteroatoms. The summed E-state index contributed by atoms with van der Waals surface area (Å²) in [7, 11) is -3.52. The second-order valence-corrected chi connectivity index (χ2v) is 7.82. The minimum Gasteiger partial charge on any atom is -0.493 e. The molecule has 2 rings (SSSR count). The Morgan fingerprint density at radius 3 is 2.71 bits per heavy atom. The van der Waals surface area contributed by atoms with Gasteiger partial charge in [-0.15, -0.1) is 0 Å². The fourth-order valence-corrected chi connectivity index (χ4v) is 3.30. The predicted molar refractivity (Wildman–Crippen MR) is 88.4 cm³/mol. The molecule has 0 radical (unpaired) electrons. The molecular formula is C16H23FN2O4S. The van der Waals surface area contributed by atoms with Gasteiger partial charge in [-0.3, -0.25) is 4.79 Å². The number of hydrogen-bond acceptors (Lipinski definition) is 4. The van der Waals surface area contributed by atoms with Gasteiger partial charge in [0.2, 0.25) is 15.9 Å². The topological polar surface area (TPSA) is 89.7 Å². The number of carbonyl (C=O) groups excluding carboxylic acids is 1. The summed E-state index contributed by atoms with van der Waals surface area (Å²) in [6.45, 7) is 1.74. The van der Waals surface area contributed by atoms with Crippen LogP contribution in [0.5, 0.6) is 5.75 Å². The van der Waals surface area contributed by atoms with Crippen molar-refractivity contribution in [2.75, 3.05) is 25.4 Å². The van der Waals surface area contributed by atoms with Crippen molar-refractivity contribution in [3.8, 4) is 5.75 Å². The fraction of sp³-hybridized carbons (Fsp3) is 0.562. The van der Waals surface area contributed by atoms with Crippen molar-refractivity contribution in [1.29, 1.82) is 0 Å². The molecule has 1 fully saturated rings. The largest absolute Gasteiger partial charge is 0.493 e. The summed E-state index contributed by atoms with van der Waals surface area (Å²) in [5, 5.41) is 4.93. The Hall–Kier alpha value is -1.67. The van der Waals surface area contributed by atoms with Gasteiger partial charge in [0.15, 0.2) is 0 Å². The fourth-order valence-electron chi connectivity index (χ4n) is 2.76. The van der Waals surface area contributed by atoms with E-state index >= 15 is 0 Å². The molecule has 0 aromatic heterocycles. The van der Waals surface area contributed by atoms with E-state index < -0.39 is 10.0 Å². The van der Waals surface area contributed by atoms with Crippen LogP contribution in [0, 0.1) is 11.7 Å². The monoisotopic (exact) mass is 358 g/mol. The van der Waals surface area contributed by atoms with Crippen LogP contribution in [-0.2, 0) is 14.8 Å². The number of nitrogens with zero attached hydrogens (tertiary/aromatic N) is 1. The lowest BCUT2D eigenvalue weighted by atomic mass is 9.98. The molecule has 0 bridgehead atoms. The lowest BCUT2D eigenvalue weighted by Crippen LogP contribution is -2.41. The van der Waals surface area contributed by atoms with Gasteiger partial charge in [0.1, 0.15) is 11.6 Å². The second kappa shape index (κ2) is 8.43. The molecule has 6 nitrogen and oxygen atoms in total. The highest BCUT2D eigenvalue weighted by Crippen LogP contribution is 2.20. The highest BCUT2D eigenvalue weighted by Gasteiger charge is 2.24. The number of hydrogen-bond donors (Lipinski definition) is 1. The van der Waals surface area contributed by atoms with Gasteiger partial charge in [-0.25, -0.2) is 17.9 Å². The zero-order valence-electron chi connectivity index (χ0n) is 13.5. The van der Waals surface area contributed by atoms with Crippen molar-refractivity contribution >= 4 is 15.9 Å². The average molecular weight is 358 g/mol. The molecule has 1 aliphatic rings. The van der Waals surface area contributed by atoms with Crippen molar-refractivity contribution < 1.29 is 22.3 Å². The van der Waals surface area contributed by atoms with Gasteiger partial charge in [-0.2, -0.15) is 0 Å². The molecule has 2 N–H and O–H groups in total. The Morgan fingerprint density at radius 2 is 2.04 bits per heavy atom. The van der Waals surface area contributed by atoms with E-state index in [9.17, 15) is 17.6 Å². The number of benzene rings is 1. The Morgan fingerprint density at radius 1 is 1.33 bits per heavy atom. The number of amides is 1. The molecule has 1 atom stereocenters. The normalized spacial score (nSPS) is 18.4. The minimum absolute atomic E-state index is 0.0508. The number of primary sulfonamides is 1. The zero-order valence-corrected chi connectivity index (χ0v) is 14.3. The maximum absolute atomic E-state index is 12.9. The third kappa shape index (κ3) is 6.45. The highest BCUT2D eigenvalue weighted by molar-refractivity contribution is 7.89. The summed E-state index contributed by atoms with van der Waals surface area (Å²) in [6, 6.07) is 5.84. The molecule has 1 aliphatic heterocycles. The van der Waals surface area contributed by atoms with Gasteiger partial charge >= 0.3 is 0 Å². The Labute approximate surface area is 141 Å². The number of rotatable bonds is 7.